The number of carbonyl (C=O) groups excluding carboxylic acids is 2. The maximum atomic E-state index is 12.7. The molecular formula is C50H84NO9P. The van der Waals surface area contributed by atoms with Gasteiger partial charge in [-0.1, -0.05) is 156 Å². The summed E-state index contributed by atoms with van der Waals surface area (Å²) in [7, 11) is 1.08. The van der Waals surface area contributed by atoms with Gasteiger partial charge >= 0.3 is 11.9 Å². The highest BCUT2D eigenvalue weighted by Crippen LogP contribution is 2.38. The second kappa shape index (κ2) is 40.9. The summed E-state index contributed by atoms with van der Waals surface area (Å²) in [6.07, 6.45) is 50.4. The molecule has 0 aliphatic rings. The molecule has 348 valence electrons. The number of hydrogen-bond donors (Lipinski definition) is 1. The number of phosphoric acid groups is 1. The molecule has 1 N–H and O–H groups in total. The zero-order valence-electron chi connectivity index (χ0n) is 38.7. The lowest BCUT2D eigenvalue weighted by Crippen LogP contribution is -2.37. The molecule has 0 saturated heterocycles. The van der Waals surface area contributed by atoms with Gasteiger partial charge in [-0.15, -0.1) is 0 Å². The minimum atomic E-state index is -4.66. The zero-order valence-corrected chi connectivity index (χ0v) is 39.6. The van der Waals surface area contributed by atoms with E-state index in [9.17, 15) is 24.2 Å². The van der Waals surface area contributed by atoms with Crippen LogP contribution in [0.4, 0.5) is 0 Å². The van der Waals surface area contributed by atoms with Crippen LogP contribution >= 0.6 is 7.82 Å². The summed E-state index contributed by atoms with van der Waals surface area (Å²) in [5.74, 6) is -0.981. The highest BCUT2D eigenvalue weighted by atomic mass is 31.2. The van der Waals surface area contributed by atoms with Crippen molar-refractivity contribution in [3.63, 3.8) is 0 Å². The number of carbonyl (C=O) groups is 2. The number of phosphoric ester groups is 1. The predicted molar refractivity (Wildman–Crippen MR) is 251 cm³/mol. The van der Waals surface area contributed by atoms with Crippen LogP contribution in [0.3, 0.4) is 0 Å². The summed E-state index contributed by atoms with van der Waals surface area (Å²) in [6.45, 7) is 3.89. The Kier molecular flexibility index (Phi) is 38.8. The Morgan fingerprint density at radius 2 is 1.18 bits per heavy atom. The average molecular weight is 874 g/mol. The summed E-state index contributed by atoms with van der Waals surface area (Å²) in [5.41, 5.74) is 0. The Labute approximate surface area is 371 Å². The van der Waals surface area contributed by atoms with Crippen molar-refractivity contribution in [2.75, 3.05) is 47.5 Å². The predicted octanol–water partition coefficient (Wildman–Crippen LogP) is 11.7. The second-order valence-corrected chi connectivity index (χ2v) is 17.6. The molecular weight excluding hydrogens is 790 g/mol. The summed E-state index contributed by atoms with van der Waals surface area (Å²) in [4.78, 5) is 37.6. The van der Waals surface area contributed by atoms with Crippen LogP contribution in [0.2, 0.25) is 0 Å². The molecule has 3 atom stereocenters. The Balaban J connectivity index is 4.54. The summed E-state index contributed by atoms with van der Waals surface area (Å²) in [6, 6.07) is 0. The van der Waals surface area contributed by atoms with E-state index in [-0.39, 0.29) is 26.1 Å². The van der Waals surface area contributed by atoms with E-state index in [2.05, 4.69) is 56.4 Å². The zero-order chi connectivity index (χ0) is 45.1. The van der Waals surface area contributed by atoms with Crippen molar-refractivity contribution in [3.05, 3.63) is 97.2 Å². The smallest absolute Gasteiger partial charge is 0.306 e. The molecule has 0 heterocycles. The molecule has 0 bridgehead atoms. The van der Waals surface area contributed by atoms with E-state index in [1.807, 2.05) is 69.8 Å². The Morgan fingerprint density at radius 1 is 0.623 bits per heavy atom. The lowest BCUT2D eigenvalue weighted by molar-refractivity contribution is -0.870. The van der Waals surface area contributed by atoms with Crippen molar-refractivity contribution in [1.29, 1.82) is 0 Å². The van der Waals surface area contributed by atoms with Crippen LogP contribution in [0.25, 0.3) is 0 Å². The first-order valence-electron chi connectivity index (χ1n) is 23.1. The first-order valence-corrected chi connectivity index (χ1v) is 24.5. The molecule has 11 heteroatoms. The van der Waals surface area contributed by atoms with Gasteiger partial charge in [0.05, 0.1) is 33.9 Å². The standard InChI is InChI=1S/C50H84NO9P/c1-6-8-10-12-14-15-16-17-18-19-20-21-22-27-30-34-38-42-50(54)60-48(46-59-61(55,56)58-44-43-51(3,4)5)45-57-49(53)41-37-33-29-26-24-23-25-28-32-36-40-47(52)39-35-31-13-11-9-7-2/h9,11,14-15,17-18,23-24,28-29,31-33,35-36,40,47-48,52H,6-8,10,12-13,16,19-22,25-27,30,34,37-39,41-46H2,1-5H3/b11-9-,15-14-,18-17-,24-23-,32-28-,33-29-,35-31-,40-36+/t47?,48-/m1/s1. The maximum absolute atomic E-state index is 12.7. The third-order valence-electron chi connectivity index (χ3n) is 9.18. The van der Waals surface area contributed by atoms with E-state index in [4.69, 9.17) is 18.5 Å². The molecule has 2 unspecified atom stereocenters. The number of unbranched alkanes of at least 4 members (excludes halogenated alkanes) is 10. The number of quaternary nitrogens is 1. The van der Waals surface area contributed by atoms with Crippen LogP contribution in [-0.4, -0.2) is 81.2 Å². The number of aliphatic hydroxyl groups is 1. The van der Waals surface area contributed by atoms with E-state index in [1.54, 1.807) is 6.08 Å². The van der Waals surface area contributed by atoms with Gasteiger partial charge in [-0.2, -0.15) is 0 Å². The molecule has 0 aromatic heterocycles. The van der Waals surface area contributed by atoms with Gasteiger partial charge in [0.25, 0.3) is 7.82 Å². The normalized spacial score (nSPS) is 14.9. The third kappa shape index (κ3) is 44.7. The van der Waals surface area contributed by atoms with Gasteiger partial charge in [0.1, 0.15) is 19.8 Å². The first kappa shape index (κ1) is 57.9. The molecule has 0 radical (unpaired) electrons. The van der Waals surface area contributed by atoms with Crippen LogP contribution in [0.1, 0.15) is 149 Å². The molecule has 0 fully saturated rings. The largest absolute Gasteiger partial charge is 0.756 e. The van der Waals surface area contributed by atoms with Gasteiger partial charge in [-0.25, -0.2) is 0 Å². The summed E-state index contributed by atoms with van der Waals surface area (Å²) in [5, 5.41) is 10.0. The number of nitrogens with zero attached hydrogens (tertiary/aromatic N) is 1. The van der Waals surface area contributed by atoms with E-state index >= 15 is 0 Å². The Morgan fingerprint density at radius 3 is 1.82 bits per heavy atom. The quantitative estimate of drug-likeness (QED) is 0.0160. The maximum Gasteiger partial charge on any atom is 0.306 e. The fourth-order valence-electron chi connectivity index (χ4n) is 5.56. The summed E-state index contributed by atoms with van der Waals surface area (Å²) >= 11 is 0. The first-order chi connectivity index (χ1) is 29.4. The van der Waals surface area contributed by atoms with Crippen molar-refractivity contribution < 1.29 is 47.2 Å². The van der Waals surface area contributed by atoms with Gasteiger partial charge in [0, 0.05) is 12.8 Å². The van der Waals surface area contributed by atoms with Crippen LogP contribution in [0.15, 0.2) is 97.2 Å². The van der Waals surface area contributed by atoms with Gasteiger partial charge in [0.15, 0.2) is 6.10 Å². The number of allylic oxidation sites excluding steroid dienone is 14. The number of likely N-dealkylation sites (N-methyl/N-ethyl adjacent to an activating group) is 1. The SMILES string of the molecule is CC/C=C\C/C=C\CC(O)/C=C/C=C\C/C=C\C/C=C\CCC(=O)OC[C@H](COP(=O)([O-])OCC[N+](C)(C)C)OC(=O)CCCCCCCCC/C=C\C/C=C\CCCCC. The monoisotopic (exact) mass is 874 g/mol. The molecule has 0 aliphatic heterocycles. The lowest BCUT2D eigenvalue weighted by Gasteiger charge is -2.28. The highest BCUT2D eigenvalue weighted by molar-refractivity contribution is 7.45. The molecule has 61 heavy (non-hydrogen) atoms. The average Bonchev–Trinajstić information content (AvgIpc) is 3.21. The van der Waals surface area contributed by atoms with Crippen LogP contribution in [0.5, 0.6) is 0 Å². The van der Waals surface area contributed by atoms with Crippen molar-refractivity contribution >= 4 is 19.8 Å². The van der Waals surface area contributed by atoms with Gasteiger partial charge in [-0.05, 0) is 77.0 Å². The van der Waals surface area contributed by atoms with Crippen molar-refractivity contribution in [3.8, 4) is 0 Å². The van der Waals surface area contributed by atoms with Crippen molar-refractivity contribution in [1.82, 2.24) is 0 Å². The highest BCUT2D eigenvalue weighted by Gasteiger charge is 2.21. The van der Waals surface area contributed by atoms with Crippen molar-refractivity contribution in [2.45, 2.75) is 161 Å². The third-order valence-corrected chi connectivity index (χ3v) is 10.1. The second-order valence-electron chi connectivity index (χ2n) is 16.2. The van der Waals surface area contributed by atoms with Gasteiger partial charge < -0.3 is 33.0 Å². The molecule has 0 saturated carbocycles. The minimum absolute atomic E-state index is 0.0575. The van der Waals surface area contributed by atoms with Crippen molar-refractivity contribution in [2.24, 2.45) is 0 Å². The Hall–Kier alpha value is -3.11. The van der Waals surface area contributed by atoms with Gasteiger partial charge in [0.2, 0.25) is 0 Å². The van der Waals surface area contributed by atoms with E-state index in [1.165, 1.54) is 44.9 Å². The fourth-order valence-corrected chi connectivity index (χ4v) is 6.29. The number of rotatable bonds is 40. The number of esters is 2. The minimum Gasteiger partial charge on any atom is -0.756 e. The molecule has 0 rings (SSSR count). The molecule has 10 nitrogen and oxygen atoms in total. The number of aliphatic hydroxyl groups excluding tert-OH is 1. The van der Waals surface area contributed by atoms with Crippen LogP contribution < -0.4 is 4.89 Å². The number of ether oxygens (including phenoxy) is 2. The number of hydrogen-bond acceptors (Lipinski definition) is 9. The molecule has 0 aromatic rings. The van der Waals surface area contributed by atoms with E-state index < -0.39 is 38.6 Å². The van der Waals surface area contributed by atoms with Gasteiger partial charge in [-0.3, -0.25) is 14.2 Å². The van der Waals surface area contributed by atoms with Crippen LogP contribution in [-0.2, 0) is 32.7 Å². The van der Waals surface area contributed by atoms with E-state index in [0.717, 1.165) is 51.4 Å². The molecule has 0 aliphatic carbocycles. The fraction of sp³-hybridized carbons (Fsp3) is 0.640. The van der Waals surface area contributed by atoms with E-state index in [0.29, 0.717) is 36.7 Å². The topological polar surface area (TPSA) is 131 Å². The summed E-state index contributed by atoms with van der Waals surface area (Å²) < 4.78 is 33.8. The molecule has 0 aromatic carbocycles. The lowest BCUT2D eigenvalue weighted by atomic mass is 10.1. The molecule has 0 spiro atoms. The Bertz CT molecular complexity index is 1370. The van der Waals surface area contributed by atoms with Crippen LogP contribution in [0, 0.1) is 0 Å². The molecule has 0 amide bonds.